The van der Waals surface area contributed by atoms with Gasteiger partial charge in [-0.1, -0.05) is 30.3 Å². The van der Waals surface area contributed by atoms with Gasteiger partial charge in [0.1, 0.15) is 18.0 Å². The predicted octanol–water partition coefficient (Wildman–Crippen LogP) is 1.88. The molecule has 6 nitrogen and oxygen atoms in total. The highest BCUT2D eigenvalue weighted by Gasteiger charge is 2.19. The highest BCUT2D eigenvalue weighted by Crippen LogP contribution is 2.17. The SMILES string of the molecule is c1ccc(Cn2ccnc2CNC[C@H]2CCc3nncn3C2)cc1. The third kappa shape index (κ3) is 3.38. The first-order valence-electron chi connectivity index (χ1n) is 8.50. The predicted molar refractivity (Wildman–Crippen MR) is 91.3 cm³/mol. The van der Waals surface area contributed by atoms with E-state index in [1.54, 1.807) is 0 Å². The topological polar surface area (TPSA) is 60.6 Å². The highest BCUT2D eigenvalue weighted by molar-refractivity contribution is 5.15. The van der Waals surface area contributed by atoms with Crippen LogP contribution >= 0.6 is 0 Å². The van der Waals surface area contributed by atoms with Gasteiger partial charge >= 0.3 is 0 Å². The first-order valence-corrected chi connectivity index (χ1v) is 8.50. The van der Waals surface area contributed by atoms with Crippen LogP contribution in [0.2, 0.25) is 0 Å². The molecule has 0 saturated carbocycles. The van der Waals surface area contributed by atoms with Crippen LogP contribution in [0.15, 0.2) is 49.1 Å². The molecule has 3 aromatic rings. The Balaban J connectivity index is 1.30. The van der Waals surface area contributed by atoms with Crippen LogP contribution in [0.25, 0.3) is 0 Å². The van der Waals surface area contributed by atoms with Crippen molar-refractivity contribution >= 4 is 0 Å². The fourth-order valence-corrected chi connectivity index (χ4v) is 3.31. The third-order valence-electron chi connectivity index (χ3n) is 4.64. The molecule has 0 bridgehead atoms. The second-order valence-corrected chi connectivity index (χ2v) is 6.39. The number of nitrogens with zero attached hydrogens (tertiary/aromatic N) is 5. The third-order valence-corrected chi connectivity index (χ3v) is 4.64. The number of hydrogen-bond acceptors (Lipinski definition) is 4. The molecule has 6 heteroatoms. The summed E-state index contributed by atoms with van der Waals surface area (Å²) in [6.45, 7) is 3.67. The summed E-state index contributed by atoms with van der Waals surface area (Å²) >= 11 is 0. The van der Waals surface area contributed by atoms with Crippen molar-refractivity contribution in [2.45, 2.75) is 32.5 Å². The number of rotatable bonds is 6. The van der Waals surface area contributed by atoms with Crippen LogP contribution in [0.1, 0.15) is 23.6 Å². The lowest BCUT2D eigenvalue weighted by Crippen LogP contribution is -2.30. The molecule has 1 atom stereocenters. The van der Waals surface area contributed by atoms with Crippen molar-refractivity contribution in [1.29, 1.82) is 0 Å². The van der Waals surface area contributed by atoms with Crippen LogP contribution in [0.4, 0.5) is 0 Å². The molecular weight excluding hydrogens is 300 g/mol. The minimum Gasteiger partial charge on any atom is -0.329 e. The van der Waals surface area contributed by atoms with Crippen molar-refractivity contribution in [3.8, 4) is 0 Å². The highest BCUT2D eigenvalue weighted by atomic mass is 15.3. The van der Waals surface area contributed by atoms with Gasteiger partial charge in [-0.2, -0.15) is 0 Å². The lowest BCUT2D eigenvalue weighted by molar-refractivity contribution is 0.345. The number of fused-ring (bicyclic) bond motifs is 1. The van der Waals surface area contributed by atoms with E-state index in [0.29, 0.717) is 5.92 Å². The van der Waals surface area contributed by atoms with Gasteiger partial charge in [0, 0.05) is 38.4 Å². The van der Waals surface area contributed by atoms with E-state index < -0.39 is 0 Å². The van der Waals surface area contributed by atoms with Gasteiger partial charge in [-0.25, -0.2) is 4.98 Å². The van der Waals surface area contributed by atoms with Crippen molar-refractivity contribution < 1.29 is 0 Å². The molecule has 1 aliphatic rings. The van der Waals surface area contributed by atoms with Crippen molar-refractivity contribution in [3.05, 3.63) is 66.3 Å². The summed E-state index contributed by atoms with van der Waals surface area (Å²) in [6, 6.07) is 10.5. The molecule has 1 aromatic carbocycles. The summed E-state index contributed by atoms with van der Waals surface area (Å²) in [5.74, 6) is 2.83. The summed E-state index contributed by atoms with van der Waals surface area (Å²) in [6.07, 6.45) is 7.96. The minimum atomic E-state index is 0.631. The van der Waals surface area contributed by atoms with Gasteiger partial charge in [0.25, 0.3) is 0 Å². The largest absolute Gasteiger partial charge is 0.329 e. The monoisotopic (exact) mass is 322 g/mol. The Kier molecular flexibility index (Phi) is 4.38. The van der Waals surface area contributed by atoms with Crippen LogP contribution in [0, 0.1) is 5.92 Å². The van der Waals surface area contributed by atoms with Gasteiger partial charge in [-0.3, -0.25) is 0 Å². The van der Waals surface area contributed by atoms with E-state index in [4.69, 9.17) is 0 Å². The van der Waals surface area contributed by atoms with Crippen LogP contribution in [-0.4, -0.2) is 30.9 Å². The molecule has 1 N–H and O–H groups in total. The van der Waals surface area contributed by atoms with Crippen LogP contribution in [0.3, 0.4) is 0 Å². The van der Waals surface area contributed by atoms with Crippen LogP contribution in [-0.2, 0) is 26.1 Å². The molecule has 3 heterocycles. The average Bonchev–Trinajstić information content (AvgIpc) is 3.25. The molecule has 0 fully saturated rings. The first-order chi connectivity index (χ1) is 11.9. The second kappa shape index (κ2) is 6.97. The van der Waals surface area contributed by atoms with E-state index in [0.717, 1.165) is 44.2 Å². The zero-order chi connectivity index (χ0) is 16.2. The van der Waals surface area contributed by atoms with Gasteiger partial charge < -0.3 is 14.5 Å². The number of nitrogens with one attached hydrogen (secondary N) is 1. The van der Waals surface area contributed by atoms with E-state index >= 15 is 0 Å². The Bertz CT molecular complexity index is 776. The van der Waals surface area contributed by atoms with E-state index in [1.165, 1.54) is 12.0 Å². The van der Waals surface area contributed by atoms with Gasteiger partial charge in [-0.05, 0) is 17.9 Å². The van der Waals surface area contributed by atoms with Crippen LogP contribution < -0.4 is 5.32 Å². The van der Waals surface area contributed by atoms with E-state index in [-0.39, 0.29) is 0 Å². The normalized spacial score (nSPS) is 16.9. The van der Waals surface area contributed by atoms with E-state index in [9.17, 15) is 0 Å². The molecule has 4 rings (SSSR count). The summed E-state index contributed by atoms with van der Waals surface area (Å²) in [5, 5.41) is 11.7. The average molecular weight is 322 g/mol. The maximum absolute atomic E-state index is 4.50. The quantitative estimate of drug-likeness (QED) is 0.753. The van der Waals surface area contributed by atoms with Crippen molar-refractivity contribution in [2.24, 2.45) is 5.92 Å². The molecule has 0 amide bonds. The number of imidazole rings is 1. The first kappa shape index (κ1) is 15.1. The number of hydrogen-bond donors (Lipinski definition) is 1. The van der Waals surface area contributed by atoms with Crippen molar-refractivity contribution in [3.63, 3.8) is 0 Å². The van der Waals surface area contributed by atoms with E-state index in [1.807, 2.05) is 24.8 Å². The summed E-state index contributed by atoms with van der Waals surface area (Å²) < 4.78 is 4.38. The number of benzene rings is 1. The van der Waals surface area contributed by atoms with E-state index in [2.05, 4.69) is 53.9 Å². The molecule has 1 aliphatic heterocycles. The lowest BCUT2D eigenvalue weighted by atomic mass is 9.99. The summed E-state index contributed by atoms with van der Waals surface area (Å²) in [5.41, 5.74) is 1.30. The minimum absolute atomic E-state index is 0.631. The molecule has 2 aromatic heterocycles. The van der Waals surface area contributed by atoms with Crippen LogP contribution in [0.5, 0.6) is 0 Å². The fraction of sp³-hybridized carbons (Fsp3) is 0.389. The van der Waals surface area contributed by atoms with Crippen molar-refractivity contribution in [1.82, 2.24) is 29.6 Å². The standard InChI is InChI=1S/C18H22N6/c1-2-4-15(5-3-1)12-23-9-8-20-18(23)11-19-10-16-6-7-17-22-21-14-24(17)13-16/h1-5,8-9,14,16,19H,6-7,10-13H2/t16-/m1/s1. The number of aryl methyl sites for hydroxylation is 1. The smallest absolute Gasteiger partial charge is 0.132 e. The molecule has 0 aliphatic carbocycles. The maximum Gasteiger partial charge on any atom is 0.132 e. The molecule has 0 spiro atoms. The fourth-order valence-electron chi connectivity index (χ4n) is 3.31. The van der Waals surface area contributed by atoms with Gasteiger partial charge in [-0.15, -0.1) is 10.2 Å². The lowest BCUT2D eigenvalue weighted by Gasteiger charge is -2.23. The molecule has 0 unspecified atom stereocenters. The Morgan fingerprint density at radius 1 is 1.21 bits per heavy atom. The van der Waals surface area contributed by atoms with Gasteiger partial charge in [0.15, 0.2) is 0 Å². The zero-order valence-electron chi connectivity index (χ0n) is 13.7. The Morgan fingerprint density at radius 3 is 3.04 bits per heavy atom. The Hall–Kier alpha value is -2.47. The second-order valence-electron chi connectivity index (χ2n) is 6.39. The number of aromatic nitrogens is 5. The van der Waals surface area contributed by atoms with Gasteiger partial charge in [0.2, 0.25) is 0 Å². The molecule has 124 valence electrons. The molecule has 24 heavy (non-hydrogen) atoms. The molecular formula is C18H22N6. The molecule has 0 radical (unpaired) electrons. The molecule has 0 saturated heterocycles. The Labute approximate surface area is 141 Å². The summed E-state index contributed by atoms with van der Waals surface area (Å²) in [7, 11) is 0. The van der Waals surface area contributed by atoms with Gasteiger partial charge in [0.05, 0.1) is 6.54 Å². The Morgan fingerprint density at radius 2 is 2.12 bits per heavy atom. The zero-order valence-corrected chi connectivity index (χ0v) is 13.7. The van der Waals surface area contributed by atoms with Crippen molar-refractivity contribution in [2.75, 3.05) is 6.54 Å². The summed E-state index contributed by atoms with van der Waals surface area (Å²) in [4.78, 5) is 4.50. The maximum atomic E-state index is 4.50.